The molecule has 0 bridgehead atoms. The van der Waals surface area contributed by atoms with E-state index >= 15 is 0 Å². The molecule has 6 nitrogen and oxygen atoms in total. The van der Waals surface area contributed by atoms with Crippen LogP contribution in [0.25, 0.3) is 0 Å². The van der Waals surface area contributed by atoms with Gasteiger partial charge in [0, 0.05) is 30.1 Å². The standard InChI is InChI=1S/C18H15N3O3/c22-17-13(2-1-7-20-17)8-12-3-5-15(6-4-12)21-16-9-14(18(23)24)10-19-11-16/h1-7,9-11,21H,8H2,(H,20,22)(H,23,24). The van der Waals surface area contributed by atoms with Crippen LogP contribution in [0.15, 0.2) is 65.8 Å². The van der Waals surface area contributed by atoms with Crippen LogP contribution in [-0.4, -0.2) is 21.0 Å². The Bertz CT molecular complexity index is 917. The fraction of sp³-hybridized carbons (Fsp3) is 0.0556. The molecule has 0 aliphatic rings. The highest BCUT2D eigenvalue weighted by molar-refractivity contribution is 5.88. The molecule has 0 amide bonds. The Labute approximate surface area is 137 Å². The third-order valence-electron chi connectivity index (χ3n) is 3.52. The molecule has 0 atom stereocenters. The molecule has 6 heteroatoms. The van der Waals surface area contributed by atoms with Crippen molar-refractivity contribution < 1.29 is 9.90 Å². The summed E-state index contributed by atoms with van der Waals surface area (Å²) in [7, 11) is 0. The summed E-state index contributed by atoms with van der Waals surface area (Å²) in [6.07, 6.45) is 5.02. The molecule has 0 saturated carbocycles. The Morgan fingerprint density at radius 1 is 1.12 bits per heavy atom. The van der Waals surface area contributed by atoms with Crippen molar-refractivity contribution in [3.8, 4) is 0 Å². The van der Waals surface area contributed by atoms with Gasteiger partial charge in [0.25, 0.3) is 5.56 Å². The summed E-state index contributed by atoms with van der Waals surface area (Å²) in [6.45, 7) is 0. The minimum Gasteiger partial charge on any atom is -0.478 e. The van der Waals surface area contributed by atoms with Gasteiger partial charge in [0.1, 0.15) is 0 Å². The highest BCUT2D eigenvalue weighted by Gasteiger charge is 2.05. The van der Waals surface area contributed by atoms with Crippen LogP contribution >= 0.6 is 0 Å². The van der Waals surface area contributed by atoms with Crippen molar-refractivity contribution in [1.29, 1.82) is 0 Å². The van der Waals surface area contributed by atoms with Crippen molar-refractivity contribution in [3.05, 3.63) is 88.1 Å². The zero-order valence-electron chi connectivity index (χ0n) is 12.7. The molecule has 24 heavy (non-hydrogen) atoms. The topological polar surface area (TPSA) is 95.1 Å². The second-order valence-corrected chi connectivity index (χ2v) is 5.29. The second-order valence-electron chi connectivity index (χ2n) is 5.29. The molecule has 0 fully saturated rings. The molecule has 0 spiro atoms. The Kier molecular flexibility index (Phi) is 4.38. The summed E-state index contributed by atoms with van der Waals surface area (Å²) in [4.78, 5) is 29.2. The lowest BCUT2D eigenvalue weighted by Crippen LogP contribution is -2.11. The molecule has 2 aromatic heterocycles. The average molecular weight is 321 g/mol. The minimum absolute atomic E-state index is 0.0868. The lowest BCUT2D eigenvalue weighted by atomic mass is 10.1. The maximum atomic E-state index is 11.7. The van der Waals surface area contributed by atoms with Gasteiger partial charge in [0.2, 0.25) is 0 Å². The summed E-state index contributed by atoms with van der Waals surface area (Å²) >= 11 is 0. The third-order valence-corrected chi connectivity index (χ3v) is 3.52. The van der Waals surface area contributed by atoms with Crippen LogP contribution < -0.4 is 10.9 Å². The van der Waals surface area contributed by atoms with E-state index < -0.39 is 5.97 Å². The van der Waals surface area contributed by atoms with Crippen LogP contribution in [0.3, 0.4) is 0 Å². The molecule has 0 saturated heterocycles. The highest BCUT2D eigenvalue weighted by atomic mass is 16.4. The lowest BCUT2D eigenvalue weighted by molar-refractivity contribution is 0.0696. The number of aromatic amines is 1. The van der Waals surface area contributed by atoms with E-state index in [1.165, 1.54) is 12.3 Å². The number of nitrogens with zero attached hydrogens (tertiary/aromatic N) is 1. The van der Waals surface area contributed by atoms with E-state index in [0.717, 1.165) is 11.3 Å². The van der Waals surface area contributed by atoms with Crippen molar-refractivity contribution in [1.82, 2.24) is 9.97 Å². The molecule has 0 aliphatic heterocycles. The summed E-state index contributed by atoms with van der Waals surface area (Å²) in [6, 6.07) is 12.7. The maximum Gasteiger partial charge on any atom is 0.337 e. The van der Waals surface area contributed by atoms with Gasteiger partial charge in [-0.1, -0.05) is 18.2 Å². The number of carboxylic acids is 1. The molecule has 0 unspecified atom stereocenters. The van der Waals surface area contributed by atoms with Crippen molar-refractivity contribution in [2.75, 3.05) is 5.32 Å². The van der Waals surface area contributed by atoms with E-state index in [-0.39, 0.29) is 11.1 Å². The first kappa shape index (κ1) is 15.5. The monoisotopic (exact) mass is 321 g/mol. The van der Waals surface area contributed by atoms with Crippen LogP contribution in [0.1, 0.15) is 21.5 Å². The van der Waals surface area contributed by atoms with Crippen molar-refractivity contribution in [2.24, 2.45) is 0 Å². The van der Waals surface area contributed by atoms with Gasteiger partial charge in [-0.15, -0.1) is 0 Å². The van der Waals surface area contributed by atoms with Gasteiger partial charge in [-0.2, -0.15) is 0 Å². The van der Waals surface area contributed by atoms with E-state index in [2.05, 4.69) is 15.3 Å². The fourth-order valence-electron chi connectivity index (χ4n) is 2.31. The number of rotatable bonds is 5. The third kappa shape index (κ3) is 3.67. The SMILES string of the molecule is O=C(O)c1cncc(Nc2ccc(Cc3ccc[nH]c3=O)cc2)c1. The Morgan fingerprint density at radius 3 is 2.62 bits per heavy atom. The van der Waals surface area contributed by atoms with Gasteiger partial charge >= 0.3 is 5.97 Å². The number of aromatic carboxylic acids is 1. The molecule has 120 valence electrons. The predicted octanol–water partition coefficient (Wildman–Crippen LogP) is 2.80. The average Bonchev–Trinajstić information content (AvgIpc) is 2.59. The first-order chi connectivity index (χ1) is 11.6. The maximum absolute atomic E-state index is 11.7. The first-order valence-electron chi connectivity index (χ1n) is 7.33. The van der Waals surface area contributed by atoms with Gasteiger partial charge in [0.05, 0.1) is 17.4 Å². The van der Waals surface area contributed by atoms with Gasteiger partial charge in [0.15, 0.2) is 0 Å². The normalized spacial score (nSPS) is 10.3. The summed E-state index contributed by atoms with van der Waals surface area (Å²) in [5, 5.41) is 12.1. The van der Waals surface area contributed by atoms with E-state index in [0.29, 0.717) is 17.7 Å². The molecule has 0 aliphatic carbocycles. The van der Waals surface area contributed by atoms with Crippen LogP contribution in [0.2, 0.25) is 0 Å². The molecular weight excluding hydrogens is 306 g/mol. The summed E-state index contributed by atoms with van der Waals surface area (Å²) in [5.74, 6) is -1.02. The Morgan fingerprint density at radius 2 is 1.92 bits per heavy atom. The van der Waals surface area contributed by atoms with Crippen molar-refractivity contribution in [2.45, 2.75) is 6.42 Å². The lowest BCUT2D eigenvalue weighted by Gasteiger charge is -2.08. The fourth-order valence-corrected chi connectivity index (χ4v) is 2.31. The van der Waals surface area contributed by atoms with E-state index in [4.69, 9.17) is 5.11 Å². The number of aromatic nitrogens is 2. The van der Waals surface area contributed by atoms with Gasteiger partial charge < -0.3 is 15.4 Å². The van der Waals surface area contributed by atoms with Gasteiger partial charge in [-0.3, -0.25) is 9.78 Å². The largest absolute Gasteiger partial charge is 0.478 e. The van der Waals surface area contributed by atoms with Crippen LogP contribution in [0, 0.1) is 0 Å². The quantitative estimate of drug-likeness (QED) is 0.671. The number of benzene rings is 1. The molecule has 0 radical (unpaired) electrons. The minimum atomic E-state index is -1.02. The zero-order valence-corrected chi connectivity index (χ0v) is 12.7. The predicted molar refractivity (Wildman–Crippen MR) is 90.8 cm³/mol. The van der Waals surface area contributed by atoms with Crippen molar-refractivity contribution in [3.63, 3.8) is 0 Å². The molecule has 3 N–H and O–H groups in total. The van der Waals surface area contributed by atoms with Crippen molar-refractivity contribution >= 4 is 17.3 Å². The number of carboxylic acid groups (broad SMARTS) is 1. The Hall–Kier alpha value is -3.41. The summed E-state index contributed by atoms with van der Waals surface area (Å²) in [5.41, 5.74) is 3.16. The number of carbonyl (C=O) groups is 1. The van der Waals surface area contributed by atoms with E-state index in [1.807, 2.05) is 24.3 Å². The first-order valence-corrected chi connectivity index (χ1v) is 7.33. The number of hydrogen-bond donors (Lipinski definition) is 3. The second kappa shape index (κ2) is 6.78. The number of nitrogens with one attached hydrogen (secondary N) is 2. The number of H-pyrrole nitrogens is 1. The van der Waals surface area contributed by atoms with E-state index in [1.54, 1.807) is 24.5 Å². The van der Waals surface area contributed by atoms with Crippen LogP contribution in [0.5, 0.6) is 0 Å². The molecule has 3 aromatic rings. The van der Waals surface area contributed by atoms with E-state index in [9.17, 15) is 9.59 Å². The summed E-state index contributed by atoms with van der Waals surface area (Å²) < 4.78 is 0. The van der Waals surface area contributed by atoms with Crippen LogP contribution in [0.4, 0.5) is 11.4 Å². The van der Waals surface area contributed by atoms with Gasteiger partial charge in [-0.05, 0) is 29.8 Å². The molecule has 2 heterocycles. The zero-order chi connectivity index (χ0) is 16.9. The van der Waals surface area contributed by atoms with Gasteiger partial charge in [-0.25, -0.2) is 4.79 Å². The Balaban J connectivity index is 1.73. The highest BCUT2D eigenvalue weighted by Crippen LogP contribution is 2.18. The number of pyridine rings is 2. The number of hydrogen-bond acceptors (Lipinski definition) is 4. The smallest absolute Gasteiger partial charge is 0.337 e. The number of anilines is 2. The van der Waals surface area contributed by atoms with Crippen LogP contribution in [-0.2, 0) is 6.42 Å². The molecule has 3 rings (SSSR count). The molecule has 1 aromatic carbocycles. The molecular formula is C18H15N3O3.